The van der Waals surface area contributed by atoms with E-state index in [1.54, 1.807) is 0 Å². The molecule has 3 heteroatoms. The van der Waals surface area contributed by atoms with Gasteiger partial charge in [-0.05, 0) is 17.9 Å². The minimum Gasteiger partial charge on any atom is -0.354 e. The molecule has 20 heavy (non-hydrogen) atoms. The van der Waals surface area contributed by atoms with E-state index in [1.807, 2.05) is 30.3 Å². The Balaban J connectivity index is 2.11. The van der Waals surface area contributed by atoms with E-state index >= 15 is 0 Å². The zero-order valence-electron chi connectivity index (χ0n) is 12.8. The molecule has 3 nitrogen and oxygen atoms in total. The van der Waals surface area contributed by atoms with Crippen molar-refractivity contribution in [2.75, 3.05) is 6.54 Å². The van der Waals surface area contributed by atoms with E-state index in [0.29, 0.717) is 0 Å². The number of hydrogen-bond donors (Lipinski definition) is 2. The Bertz CT molecular complexity index is 376. The van der Waals surface area contributed by atoms with Gasteiger partial charge in [0, 0.05) is 6.54 Å². The topological polar surface area (TPSA) is 55.1 Å². The van der Waals surface area contributed by atoms with E-state index < -0.39 is 6.04 Å². The Kier molecular flexibility index (Phi) is 7.97. The van der Waals surface area contributed by atoms with Crippen LogP contribution in [0.1, 0.15) is 57.6 Å². The van der Waals surface area contributed by atoms with E-state index in [1.165, 1.54) is 25.7 Å². The molecule has 1 atom stereocenters. The van der Waals surface area contributed by atoms with Gasteiger partial charge in [0.15, 0.2) is 0 Å². The molecule has 0 aliphatic heterocycles. The highest BCUT2D eigenvalue weighted by atomic mass is 16.2. The van der Waals surface area contributed by atoms with Gasteiger partial charge in [0.2, 0.25) is 5.91 Å². The largest absolute Gasteiger partial charge is 0.354 e. The first-order valence-corrected chi connectivity index (χ1v) is 7.69. The molecule has 1 rings (SSSR count). The van der Waals surface area contributed by atoms with Gasteiger partial charge in [0.05, 0.1) is 0 Å². The van der Waals surface area contributed by atoms with Crippen molar-refractivity contribution in [2.45, 2.75) is 52.0 Å². The minimum atomic E-state index is -0.558. The molecule has 0 unspecified atom stereocenters. The van der Waals surface area contributed by atoms with Gasteiger partial charge < -0.3 is 11.1 Å². The molecule has 1 amide bonds. The van der Waals surface area contributed by atoms with Crippen LogP contribution in [-0.2, 0) is 4.79 Å². The van der Waals surface area contributed by atoms with Crippen LogP contribution in [0.3, 0.4) is 0 Å². The molecular formula is C17H28N2O. The molecule has 0 aliphatic rings. The van der Waals surface area contributed by atoms with Crippen LogP contribution in [0, 0.1) is 5.92 Å². The van der Waals surface area contributed by atoms with Crippen molar-refractivity contribution >= 4 is 5.91 Å². The number of hydrogen-bond acceptors (Lipinski definition) is 2. The van der Waals surface area contributed by atoms with Gasteiger partial charge in [0.25, 0.3) is 0 Å². The summed E-state index contributed by atoms with van der Waals surface area (Å²) in [5, 5.41) is 2.92. The maximum absolute atomic E-state index is 11.9. The highest BCUT2D eigenvalue weighted by Crippen LogP contribution is 2.10. The zero-order valence-corrected chi connectivity index (χ0v) is 12.8. The van der Waals surface area contributed by atoms with Crippen LogP contribution in [0.5, 0.6) is 0 Å². The zero-order chi connectivity index (χ0) is 14.8. The molecule has 0 saturated heterocycles. The SMILES string of the molecule is CC(C)CCCCCCNC(=O)[C@@H](N)c1ccccc1. The molecule has 0 heterocycles. The number of carbonyl (C=O) groups excluding carboxylic acids is 1. The third-order valence-corrected chi connectivity index (χ3v) is 3.45. The summed E-state index contributed by atoms with van der Waals surface area (Å²) in [6.07, 6.45) is 6.04. The molecule has 112 valence electrons. The maximum atomic E-state index is 11.9. The van der Waals surface area contributed by atoms with Gasteiger partial charge in [0.1, 0.15) is 6.04 Å². The molecule has 1 aromatic rings. The van der Waals surface area contributed by atoms with E-state index in [0.717, 1.165) is 24.4 Å². The number of unbranched alkanes of at least 4 members (excludes halogenated alkanes) is 3. The van der Waals surface area contributed by atoms with Crippen LogP contribution in [-0.4, -0.2) is 12.5 Å². The smallest absolute Gasteiger partial charge is 0.241 e. The highest BCUT2D eigenvalue weighted by Gasteiger charge is 2.14. The maximum Gasteiger partial charge on any atom is 0.241 e. The normalized spacial score (nSPS) is 12.4. The lowest BCUT2D eigenvalue weighted by Gasteiger charge is -2.12. The summed E-state index contributed by atoms with van der Waals surface area (Å²) in [7, 11) is 0. The number of nitrogens with two attached hydrogens (primary N) is 1. The van der Waals surface area contributed by atoms with Gasteiger partial charge in [-0.3, -0.25) is 4.79 Å². The second kappa shape index (κ2) is 9.54. The number of nitrogens with one attached hydrogen (secondary N) is 1. The van der Waals surface area contributed by atoms with Crippen molar-refractivity contribution < 1.29 is 4.79 Å². The number of amides is 1. The first kappa shape index (κ1) is 16.7. The van der Waals surface area contributed by atoms with Crippen molar-refractivity contribution in [2.24, 2.45) is 11.7 Å². The second-order valence-electron chi connectivity index (χ2n) is 5.78. The molecule has 0 saturated carbocycles. The van der Waals surface area contributed by atoms with E-state index in [2.05, 4.69) is 19.2 Å². The third-order valence-electron chi connectivity index (χ3n) is 3.45. The first-order valence-electron chi connectivity index (χ1n) is 7.69. The average molecular weight is 276 g/mol. The van der Waals surface area contributed by atoms with Crippen molar-refractivity contribution in [1.29, 1.82) is 0 Å². The summed E-state index contributed by atoms with van der Waals surface area (Å²) < 4.78 is 0. The van der Waals surface area contributed by atoms with E-state index in [9.17, 15) is 4.79 Å². The van der Waals surface area contributed by atoms with Crippen molar-refractivity contribution in [3.63, 3.8) is 0 Å². The average Bonchev–Trinajstić information content (AvgIpc) is 2.45. The molecular weight excluding hydrogens is 248 g/mol. The van der Waals surface area contributed by atoms with Crippen LogP contribution in [0.4, 0.5) is 0 Å². The number of carbonyl (C=O) groups is 1. The monoisotopic (exact) mass is 276 g/mol. The molecule has 0 radical (unpaired) electrons. The fourth-order valence-electron chi connectivity index (χ4n) is 2.16. The van der Waals surface area contributed by atoms with E-state index in [4.69, 9.17) is 5.73 Å². The Morgan fingerprint density at radius 3 is 2.40 bits per heavy atom. The van der Waals surface area contributed by atoms with Gasteiger partial charge in [-0.1, -0.05) is 69.9 Å². The van der Waals surface area contributed by atoms with Crippen LogP contribution >= 0.6 is 0 Å². The van der Waals surface area contributed by atoms with Crippen molar-refractivity contribution in [1.82, 2.24) is 5.32 Å². The summed E-state index contributed by atoms with van der Waals surface area (Å²) in [6, 6.07) is 8.93. The second-order valence-corrected chi connectivity index (χ2v) is 5.78. The molecule has 0 aliphatic carbocycles. The number of rotatable bonds is 9. The van der Waals surface area contributed by atoms with Crippen LogP contribution in [0.25, 0.3) is 0 Å². The Morgan fingerprint density at radius 1 is 1.10 bits per heavy atom. The predicted molar refractivity (Wildman–Crippen MR) is 84.3 cm³/mol. The summed E-state index contributed by atoms with van der Waals surface area (Å²) in [5.41, 5.74) is 6.79. The quantitative estimate of drug-likeness (QED) is 0.679. The summed E-state index contributed by atoms with van der Waals surface area (Å²) in [5.74, 6) is 0.706. The Hall–Kier alpha value is -1.35. The standard InChI is InChI=1S/C17H28N2O/c1-14(2)10-6-3-4-9-13-19-17(20)16(18)15-11-7-5-8-12-15/h5,7-8,11-12,14,16H,3-4,6,9-10,13,18H2,1-2H3,(H,19,20)/t16-/m0/s1. The van der Waals surface area contributed by atoms with Gasteiger partial charge in [-0.25, -0.2) is 0 Å². The number of benzene rings is 1. The van der Waals surface area contributed by atoms with Crippen LogP contribution in [0.2, 0.25) is 0 Å². The minimum absolute atomic E-state index is 0.0848. The lowest BCUT2D eigenvalue weighted by molar-refractivity contribution is -0.122. The van der Waals surface area contributed by atoms with Gasteiger partial charge in [-0.2, -0.15) is 0 Å². The molecule has 0 fully saturated rings. The first-order chi connectivity index (χ1) is 9.61. The Morgan fingerprint density at radius 2 is 1.75 bits per heavy atom. The van der Waals surface area contributed by atoms with Crippen LogP contribution < -0.4 is 11.1 Å². The summed E-state index contributed by atoms with van der Waals surface area (Å²) in [4.78, 5) is 11.9. The fraction of sp³-hybridized carbons (Fsp3) is 0.588. The summed E-state index contributed by atoms with van der Waals surface area (Å²) >= 11 is 0. The Labute approximate surface area is 122 Å². The summed E-state index contributed by atoms with van der Waals surface area (Å²) in [6.45, 7) is 5.23. The molecule has 3 N–H and O–H groups in total. The molecule has 0 bridgehead atoms. The van der Waals surface area contributed by atoms with Crippen molar-refractivity contribution in [3.05, 3.63) is 35.9 Å². The highest BCUT2D eigenvalue weighted by molar-refractivity contribution is 5.82. The fourth-order valence-corrected chi connectivity index (χ4v) is 2.16. The lowest BCUT2D eigenvalue weighted by Crippen LogP contribution is -2.34. The predicted octanol–water partition coefficient (Wildman–Crippen LogP) is 3.41. The van der Waals surface area contributed by atoms with E-state index in [-0.39, 0.29) is 5.91 Å². The van der Waals surface area contributed by atoms with Gasteiger partial charge in [-0.15, -0.1) is 0 Å². The third kappa shape index (κ3) is 6.71. The van der Waals surface area contributed by atoms with Gasteiger partial charge >= 0.3 is 0 Å². The van der Waals surface area contributed by atoms with Crippen molar-refractivity contribution in [3.8, 4) is 0 Å². The van der Waals surface area contributed by atoms with Crippen LogP contribution in [0.15, 0.2) is 30.3 Å². The molecule has 0 aromatic heterocycles. The molecule has 0 spiro atoms. The lowest BCUT2D eigenvalue weighted by atomic mass is 10.0. The molecule has 1 aromatic carbocycles.